The van der Waals surface area contributed by atoms with Gasteiger partial charge in [0, 0.05) is 0 Å². The zero-order valence-electron chi connectivity index (χ0n) is 9.63. The number of rotatable bonds is 2. The van der Waals surface area contributed by atoms with Crippen molar-refractivity contribution >= 4 is 21.6 Å². The fraction of sp³-hybridized carbons (Fsp3) is 0. The van der Waals surface area contributed by atoms with Crippen LogP contribution in [0.4, 0.5) is 0 Å². The van der Waals surface area contributed by atoms with Crippen LogP contribution in [0.2, 0.25) is 0 Å². The zero-order valence-corrected chi connectivity index (χ0v) is 10.4. The van der Waals surface area contributed by atoms with Gasteiger partial charge < -0.3 is 0 Å². The molecule has 1 heterocycles. The molecule has 0 bridgehead atoms. The van der Waals surface area contributed by atoms with Gasteiger partial charge in [0.2, 0.25) is 0 Å². The van der Waals surface area contributed by atoms with Gasteiger partial charge in [0.1, 0.15) is 0 Å². The van der Waals surface area contributed by atoms with Crippen LogP contribution in [-0.2, 0) is 0 Å². The molecule has 0 N–H and O–H groups in total. The normalized spacial score (nSPS) is 9.88. The van der Waals surface area contributed by atoms with Crippen molar-refractivity contribution in [2.45, 2.75) is 0 Å². The third-order valence-corrected chi connectivity index (χ3v) is 3.38. The van der Waals surface area contributed by atoms with Crippen molar-refractivity contribution < 1.29 is 18.9 Å². The summed E-state index contributed by atoms with van der Waals surface area (Å²) < 4.78 is 1.24. The van der Waals surface area contributed by atoms with Gasteiger partial charge in [-0.2, -0.15) is 17.7 Å². The SMILES string of the molecule is [Li+].c1ccc([CH-]c2nc3ccccc3s2)cc1. The van der Waals surface area contributed by atoms with Gasteiger partial charge in [-0.1, -0.05) is 18.2 Å². The third kappa shape index (κ3) is 2.73. The molecular formula is C14H10LiNS. The maximum absolute atomic E-state index is 4.57. The summed E-state index contributed by atoms with van der Waals surface area (Å²) in [4.78, 5) is 4.57. The van der Waals surface area contributed by atoms with Crippen LogP contribution in [0.25, 0.3) is 10.2 Å². The van der Waals surface area contributed by atoms with Crippen LogP contribution in [-0.4, -0.2) is 4.98 Å². The molecule has 3 aromatic rings. The fourth-order valence-electron chi connectivity index (χ4n) is 1.64. The maximum Gasteiger partial charge on any atom is 1.00 e. The Bertz CT molecular complexity index is 571. The summed E-state index contributed by atoms with van der Waals surface area (Å²) >= 11 is 1.73. The van der Waals surface area contributed by atoms with E-state index in [2.05, 4.69) is 29.6 Å². The van der Waals surface area contributed by atoms with Crippen LogP contribution in [0.15, 0.2) is 54.6 Å². The van der Waals surface area contributed by atoms with E-state index in [9.17, 15) is 0 Å². The van der Waals surface area contributed by atoms with Gasteiger partial charge in [-0.05, 0) is 12.1 Å². The van der Waals surface area contributed by atoms with E-state index in [4.69, 9.17) is 0 Å². The Morgan fingerprint density at radius 3 is 2.35 bits per heavy atom. The molecule has 0 amide bonds. The Labute approximate surface area is 117 Å². The quantitative estimate of drug-likeness (QED) is 0.472. The number of hydrogen-bond donors (Lipinski definition) is 0. The molecule has 1 nitrogen and oxygen atoms in total. The van der Waals surface area contributed by atoms with Crippen molar-refractivity contribution in [1.29, 1.82) is 0 Å². The minimum Gasteiger partial charge on any atom is -0.250 e. The smallest absolute Gasteiger partial charge is 0.250 e. The third-order valence-electron chi connectivity index (χ3n) is 2.40. The van der Waals surface area contributed by atoms with Crippen LogP contribution in [0, 0.1) is 6.42 Å². The van der Waals surface area contributed by atoms with Crippen LogP contribution >= 0.6 is 11.3 Å². The van der Waals surface area contributed by atoms with Gasteiger partial charge >= 0.3 is 18.9 Å². The first-order valence-corrected chi connectivity index (χ1v) is 5.99. The first-order chi connectivity index (χ1) is 7.92. The molecule has 2 aromatic carbocycles. The molecule has 0 fully saturated rings. The standard InChI is InChI=1S/C14H10NS.Li/c1-2-6-11(7-3-1)10-14-15-12-8-4-5-9-13(12)16-14;/h1-10H;/q-1;+1. The zero-order chi connectivity index (χ0) is 10.8. The summed E-state index contributed by atoms with van der Waals surface area (Å²) in [6.45, 7) is 0. The molecule has 0 aliphatic carbocycles. The van der Waals surface area contributed by atoms with Crippen molar-refractivity contribution in [2.24, 2.45) is 0 Å². The number of nitrogens with zero attached hydrogens (tertiary/aromatic N) is 1. The first-order valence-electron chi connectivity index (χ1n) is 5.17. The van der Waals surface area contributed by atoms with Gasteiger partial charge in [0.25, 0.3) is 0 Å². The second kappa shape index (κ2) is 5.42. The molecule has 0 saturated carbocycles. The summed E-state index contributed by atoms with van der Waals surface area (Å²) in [6, 6.07) is 18.5. The topological polar surface area (TPSA) is 12.9 Å². The molecule has 78 valence electrons. The Hall–Kier alpha value is -1.20. The molecule has 0 aliphatic heterocycles. The molecule has 0 aliphatic rings. The van der Waals surface area contributed by atoms with Crippen LogP contribution < -0.4 is 18.9 Å². The summed E-state index contributed by atoms with van der Waals surface area (Å²) in [6.07, 6.45) is 2.12. The predicted molar refractivity (Wildman–Crippen MR) is 68.6 cm³/mol. The number of aromatic nitrogens is 1. The van der Waals surface area contributed by atoms with E-state index < -0.39 is 0 Å². The number of fused-ring (bicyclic) bond motifs is 1. The molecule has 0 radical (unpaired) electrons. The molecular weight excluding hydrogens is 221 g/mol. The van der Waals surface area contributed by atoms with E-state index in [-0.39, 0.29) is 18.9 Å². The van der Waals surface area contributed by atoms with E-state index in [1.807, 2.05) is 36.4 Å². The molecule has 3 rings (SSSR count). The molecule has 0 saturated heterocycles. The number of para-hydroxylation sites is 1. The van der Waals surface area contributed by atoms with E-state index in [0.717, 1.165) is 10.5 Å². The Balaban J connectivity index is 0.00000108. The van der Waals surface area contributed by atoms with Crippen molar-refractivity contribution in [3.05, 3.63) is 71.6 Å². The van der Waals surface area contributed by atoms with E-state index in [1.54, 1.807) is 11.3 Å². The van der Waals surface area contributed by atoms with Crippen LogP contribution in [0.5, 0.6) is 0 Å². The summed E-state index contributed by atoms with van der Waals surface area (Å²) in [7, 11) is 0. The van der Waals surface area contributed by atoms with Crippen LogP contribution in [0.1, 0.15) is 10.6 Å². The fourth-order valence-corrected chi connectivity index (χ4v) is 2.57. The molecule has 17 heavy (non-hydrogen) atoms. The Morgan fingerprint density at radius 2 is 1.59 bits per heavy atom. The monoisotopic (exact) mass is 231 g/mol. The molecule has 3 heteroatoms. The Morgan fingerprint density at radius 1 is 0.882 bits per heavy atom. The molecule has 0 spiro atoms. The predicted octanol–water partition coefficient (Wildman–Crippen LogP) is 0.901. The largest absolute Gasteiger partial charge is 1.00 e. The van der Waals surface area contributed by atoms with E-state index in [1.165, 1.54) is 10.3 Å². The molecule has 1 aromatic heterocycles. The first kappa shape index (κ1) is 12.3. The van der Waals surface area contributed by atoms with Gasteiger partial charge in [-0.3, -0.25) is 4.98 Å². The number of thiazole rings is 1. The maximum atomic E-state index is 4.57. The van der Waals surface area contributed by atoms with E-state index >= 15 is 0 Å². The molecule has 0 unspecified atom stereocenters. The van der Waals surface area contributed by atoms with E-state index in [0.29, 0.717) is 0 Å². The molecule has 0 atom stereocenters. The minimum atomic E-state index is 0. The number of benzene rings is 2. The van der Waals surface area contributed by atoms with Crippen molar-refractivity contribution in [3.63, 3.8) is 0 Å². The average molecular weight is 231 g/mol. The number of hydrogen-bond acceptors (Lipinski definition) is 2. The van der Waals surface area contributed by atoms with Crippen LogP contribution in [0.3, 0.4) is 0 Å². The van der Waals surface area contributed by atoms with Crippen molar-refractivity contribution in [1.82, 2.24) is 4.98 Å². The van der Waals surface area contributed by atoms with Crippen molar-refractivity contribution in [3.8, 4) is 0 Å². The summed E-state index contributed by atoms with van der Waals surface area (Å²) in [5.74, 6) is 0. The summed E-state index contributed by atoms with van der Waals surface area (Å²) in [5.41, 5.74) is 2.27. The Kier molecular flexibility index (Phi) is 3.91. The summed E-state index contributed by atoms with van der Waals surface area (Å²) in [5, 5.41) is 1.06. The van der Waals surface area contributed by atoms with Gasteiger partial charge in [-0.15, -0.1) is 29.9 Å². The van der Waals surface area contributed by atoms with Gasteiger partial charge in [0.05, 0.1) is 15.2 Å². The second-order valence-corrected chi connectivity index (χ2v) is 4.64. The van der Waals surface area contributed by atoms with Gasteiger partial charge in [-0.25, -0.2) is 0 Å². The van der Waals surface area contributed by atoms with Gasteiger partial charge in [0.15, 0.2) is 0 Å². The van der Waals surface area contributed by atoms with Crippen molar-refractivity contribution in [2.75, 3.05) is 0 Å². The second-order valence-electron chi connectivity index (χ2n) is 3.57. The average Bonchev–Trinajstić information content (AvgIpc) is 2.72. The minimum absolute atomic E-state index is 0.